The molecular formula is C18H16IN7O. The van der Waals surface area contributed by atoms with Crippen molar-refractivity contribution in [2.45, 2.75) is 16.9 Å². The van der Waals surface area contributed by atoms with Crippen molar-refractivity contribution in [3.63, 3.8) is 0 Å². The Morgan fingerprint density at radius 1 is 1.19 bits per heavy atom. The summed E-state index contributed by atoms with van der Waals surface area (Å²) in [5.41, 5.74) is 1.55. The van der Waals surface area contributed by atoms with E-state index in [1.807, 2.05) is 18.2 Å². The topological polar surface area (TPSA) is 80.0 Å². The van der Waals surface area contributed by atoms with Gasteiger partial charge in [0.2, 0.25) is 0 Å². The van der Waals surface area contributed by atoms with Crippen LogP contribution < -0.4 is 9.80 Å². The maximum Gasteiger partial charge on any atom is 0.351 e. The van der Waals surface area contributed by atoms with Crippen LogP contribution in [0, 0.1) is 0 Å². The highest BCUT2D eigenvalue weighted by atomic mass is 127. The first-order chi connectivity index (χ1) is 13.2. The van der Waals surface area contributed by atoms with E-state index in [4.69, 9.17) is 0 Å². The summed E-state index contributed by atoms with van der Waals surface area (Å²) >= 11 is 2.48. The molecule has 5 rings (SSSR count). The van der Waals surface area contributed by atoms with E-state index in [0.29, 0.717) is 22.1 Å². The fraction of sp³-hybridized carbons (Fsp3) is 0.278. The normalized spacial score (nSPS) is 19.0. The van der Waals surface area contributed by atoms with Crippen molar-refractivity contribution < 1.29 is 4.79 Å². The van der Waals surface area contributed by atoms with Gasteiger partial charge in [0.25, 0.3) is 0 Å². The van der Waals surface area contributed by atoms with Crippen molar-refractivity contribution in [1.82, 2.24) is 24.7 Å². The molecule has 0 aromatic carbocycles. The zero-order valence-electron chi connectivity index (χ0n) is 14.4. The number of halogens is 1. The van der Waals surface area contributed by atoms with Crippen molar-refractivity contribution in [2.24, 2.45) is 0 Å². The predicted octanol–water partition coefficient (Wildman–Crippen LogP) is 2.74. The van der Waals surface area contributed by atoms with Crippen LogP contribution in [0.3, 0.4) is 0 Å². The molecule has 2 aliphatic heterocycles. The Labute approximate surface area is 169 Å². The number of hydrogen-bond donors (Lipinski definition) is 0. The summed E-state index contributed by atoms with van der Waals surface area (Å²) in [4.78, 5) is 29.7. The molecule has 1 saturated heterocycles. The summed E-state index contributed by atoms with van der Waals surface area (Å²) in [7, 11) is 0. The van der Waals surface area contributed by atoms with Gasteiger partial charge in [0.05, 0.1) is 18.4 Å². The van der Waals surface area contributed by atoms with Crippen LogP contribution in [0.25, 0.3) is 11.4 Å². The largest absolute Gasteiger partial charge is 0.356 e. The second-order valence-electron chi connectivity index (χ2n) is 6.58. The molecule has 5 heterocycles. The van der Waals surface area contributed by atoms with Gasteiger partial charge < -0.3 is 4.90 Å². The van der Waals surface area contributed by atoms with Gasteiger partial charge in [0.1, 0.15) is 5.82 Å². The smallest absolute Gasteiger partial charge is 0.351 e. The van der Waals surface area contributed by atoms with Gasteiger partial charge in [-0.05, 0) is 30.7 Å². The molecule has 1 fully saturated rings. The third kappa shape index (κ3) is 2.95. The van der Waals surface area contributed by atoms with Crippen LogP contribution in [-0.2, 0) is 6.54 Å². The molecule has 1 atom stereocenters. The summed E-state index contributed by atoms with van der Waals surface area (Å²) in [6.45, 7) is 2.45. The molecule has 3 aromatic heterocycles. The molecule has 3 aromatic rings. The van der Waals surface area contributed by atoms with Gasteiger partial charge in [0, 0.05) is 35.0 Å². The summed E-state index contributed by atoms with van der Waals surface area (Å²) in [6, 6.07) is 7.40. The fourth-order valence-corrected chi connectivity index (χ4v) is 4.15. The highest BCUT2D eigenvalue weighted by Crippen LogP contribution is 2.27. The number of anilines is 2. The van der Waals surface area contributed by atoms with Crippen LogP contribution in [0.1, 0.15) is 12.2 Å². The molecule has 27 heavy (non-hydrogen) atoms. The Morgan fingerprint density at radius 2 is 2.11 bits per heavy atom. The lowest BCUT2D eigenvalue weighted by atomic mass is 10.2. The predicted molar refractivity (Wildman–Crippen MR) is 109 cm³/mol. The van der Waals surface area contributed by atoms with Gasteiger partial charge in [-0.2, -0.15) is 4.68 Å². The molecular weight excluding hydrogens is 457 g/mol. The van der Waals surface area contributed by atoms with Crippen LogP contribution in [0.2, 0.25) is 0 Å². The summed E-state index contributed by atoms with van der Waals surface area (Å²) in [5, 5.41) is 4.40. The minimum Gasteiger partial charge on any atom is -0.356 e. The number of aromatic nitrogens is 5. The third-order valence-electron chi connectivity index (χ3n) is 4.80. The Bertz CT molecular complexity index is 989. The van der Waals surface area contributed by atoms with Crippen molar-refractivity contribution >= 4 is 40.1 Å². The first-order valence-corrected chi connectivity index (χ1v) is 9.97. The zero-order chi connectivity index (χ0) is 18.4. The maximum atomic E-state index is 12.6. The average Bonchev–Trinajstić information content (AvgIpc) is 3.39. The second kappa shape index (κ2) is 6.55. The van der Waals surface area contributed by atoms with Gasteiger partial charge in [-0.3, -0.25) is 9.88 Å². The van der Waals surface area contributed by atoms with Crippen LogP contribution >= 0.6 is 22.6 Å². The fourth-order valence-electron chi connectivity index (χ4n) is 3.39. The minimum atomic E-state index is -0.216. The van der Waals surface area contributed by atoms with E-state index in [2.05, 4.69) is 47.5 Å². The van der Waals surface area contributed by atoms with Crippen LogP contribution in [-0.4, -0.2) is 47.8 Å². The molecule has 1 unspecified atom stereocenters. The number of amides is 1. The number of pyridine rings is 2. The van der Waals surface area contributed by atoms with E-state index in [1.165, 1.54) is 11.1 Å². The Morgan fingerprint density at radius 3 is 2.78 bits per heavy atom. The van der Waals surface area contributed by atoms with Crippen LogP contribution in [0.4, 0.5) is 16.3 Å². The van der Waals surface area contributed by atoms with Crippen molar-refractivity contribution in [1.29, 1.82) is 0 Å². The maximum absolute atomic E-state index is 12.6. The van der Waals surface area contributed by atoms with E-state index >= 15 is 0 Å². The van der Waals surface area contributed by atoms with Gasteiger partial charge in [-0.15, -0.1) is 5.10 Å². The van der Waals surface area contributed by atoms with Gasteiger partial charge in [0.15, 0.2) is 11.6 Å². The van der Waals surface area contributed by atoms with Crippen molar-refractivity contribution in [2.75, 3.05) is 22.9 Å². The first-order valence-electron chi connectivity index (χ1n) is 8.72. The second-order valence-corrected chi connectivity index (χ2v) is 8.34. The summed E-state index contributed by atoms with van der Waals surface area (Å²) in [6.07, 6.45) is 6.31. The van der Waals surface area contributed by atoms with E-state index in [-0.39, 0.29) is 6.03 Å². The molecule has 8 nitrogen and oxygen atoms in total. The molecule has 2 aliphatic rings. The number of fused-ring (bicyclic) bond motifs is 1. The molecule has 1 amide bonds. The Kier molecular flexibility index (Phi) is 4.03. The Hall–Kier alpha value is -2.56. The highest BCUT2D eigenvalue weighted by molar-refractivity contribution is 14.1. The first kappa shape index (κ1) is 16.6. The molecule has 0 radical (unpaired) electrons. The lowest BCUT2D eigenvalue weighted by Crippen LogP contribution is -2.26. The number of hydrogen-bond acceptors (Lipinski definition) is 6. The number of carbonyl (C=O) groups is 1. The van der Waals surface area contributed by atoms with Crippen LogP contribution in [0.5, 0.6) is 0 Å². The van der Waals surface area contributed by atoms with Crippen molar-refractivity contribution in [3.8, 4) is 11.4 Å². The summed E-state index contributed by atoms with van der Waals surface area (Å²) < 4.78 is 2.04. The minimum absolute atomic E-state index is 0.216. The zero-order valence-corrected chi connectivity index (χ0v) is 16.5. The lowest BCUT2D eigenvalue weighted by molar-refractivity contribution is 0.248. The van der Waals surface area contributed by atoms with Gasteiger partial charge in [-0.25, -0.2) is 14.8 Å². The molecule has 0 spiro atoms. The molecule has 0 bridgehead atoms. The van der Waals surface area contributed by atoms with E-state index in [1.54, 1.807) is 29.6 Å². The number of alkyl halides is 1. The molecule has 136 valence electrons. The number of rotatable bonds is 3. The standard InChI is InChI=1S/C18H16IN7O/c19-13-5-7-24(10-13)15-4-3-12(8-21-15)17-22-16-11-25(18(27)26(16)23-17)14-2-1-6-20-9-14/h1-4,6,8-9,13H,5,7,10-11H2. The number of nitrogens with zero attached hydrogens (tertiary/aromatic N) is 7. The monoisotopic (exact) mass is 473 g/mol. The van der Waals surface area contributed by atoms with Gasteiger partial charge >= 0.3 is 6.03 Å². The van der Waals surface area contributed by atoms with E-state index in [9.17, 15) is 4.79 Å². The molecule has 0 N–H and O–H groups in total. The summed E-state index contributed by atoms with van der Waals surface area (Å²) in [5.74, 6) is 2.12. The van der Waals surface area contributed by atoms with E-state index < -0.39 is 0 Å². The van der Waals surface area contributed by atoms with Gasteiger partial charge in [-0.1, -0.05) is 22.6 Å². The SMILES string of the molecule is O=C1N(c2cccnc2)Cc2nc(-c3ccc(N4CCC(I)C4)nc3)nn21. The van der Waals surface area contributed by atoms with Crippen molar-refractivity contribution in [3.05, 3.63) is 48.7 Å². The quantitative estimate of drug-likeness (QED) is 0.430. The average molecular weight is 473 g/mol. The molecule has 0 aliphatic carbocycles. The van der Waals surface area contributed by atoms with Crippen LogP contribution in [0.15, 0.2) is 42.9 Å². The molecule has 0 saturated carbocycles. The number of carbonyl (C=O) groups excluding carboxylic acids is 1. The lowest BCUT2D eigenvalue weighted by Gasteiger charge is -2.16. The Balaban J connectivity index is 1.37. The highest BCUT2D eigenvalue weighted by Gasteiger charge is 2.32. The van der Waals surface area contributed by atoms with E-state index in [0.717, 1.165) is 30.2 Å². The molecule has 9 heteroatoms. The third-order valence-corrected chi connectivity index (χ3v) is 5.82.